The first-order valence-corrected chi connectivity index (χ1v) is 19.8. The van der Waals surface area contributed by atoms with Gasteiger partial charge in [0, 0.05) is 33.6 Å². The average molecular weight is 785 g/mol. The van der Waals surface area contributed by atoms with Crippen LogP contribution in [0.5, 0.6) is 11.5 Å². The number of carbonyl (C=O) groups is 3. The quantitative estimate of drug-likeness (QED) is 0.0634. The number of hydrogen-bond acceptors (Lipinski definition) is 9. The van der Waals surface area contributed by atoms with Gasteiger partial charge < -0.3 is 10.2 Å². The van der Waals surface area contributed by atoms with Crippen LogP contribution >= 0.6 is 0 Å². The highest BCUT2D eigenvalue weighted by atomic mass is 32.2. The summed E-state index contributed by atoms with van der Waals surface area (Å²) in [6.07, 6.45) is 5.90. The van der Waals surface area contributed by atoms with Crippen molar-refractivity contribution in [2.75, 3.05) is 9.44 Å². The number of benzene rings is 6. The van der Waals surface area contributed by atoms with Crippen LogP contribution in [-0.4, -0.2) is 44.4 Å². The maximum Gasteiger partial charge on any atom is 0.261 e. The zero-order valence-electron chi connectivity index (χ0n) is 29.2. The van der Waals surface area contributed by atoms with E-state index in [1.165, 1.54) is 133 Å². The van der Waals surface area contributed by atoms with E-state index < -0.39 is 25.8 Å². The first kappa shape index (κ1) is 38.6. The second-order valence-electron chi connectivity index (χ2n) is 12.3. The summed E-state index contributed by atoms with van der Waals surface area (Å²) >= 11 is 0. The molecule has 0 heterocycles. The molecule has 56 heavy (non-hydrogen) atoms. The standard InChI is InChI=1S/C43H32N2O9S2/c46-37-21-7-29(8-22-37)11-25-41(48)31-13-17-35(18-14-31)44-55(51,52)39-5-1-3-33(27-39)43(50)34-4-2-6-40(28-34)56(53,54)45-36-19-15-32(16-20-36)42(49)26-12-30-9-23-38(47)24-10-30/h1-28,44-47H/b25-11+,26-12+. The van der Waals surface area contributed by atoms with Gasteiger partial charge in [-0.15, -0.1) is 0 Å². The molecule has 6 aromatic rings. The lowest BCUT2D eigenvalue weighted by molar-refractivity contribution is 0.103. The van der Waals surface area contributed by atoms with E-state index in [-0.39, 0.29) is 55.4 Å². The van der Waals surface area contributed by atoms with E-state index in [0.29, 0.717) is 22.3 Å². The number of phenolic OH excluding ortho intramolecular Hbond substituents is 2. The molecule has 0 amide bonds. The number of allylic oxidation sites excluding steroid dienone is 2. The molecule has 0 bridgehead atoms. The number of nitrogens with one attached hydrogen (secondary N) is 2. The molecule has 0 saturated heterocycles. The van der Waals surface area contributed by atoms with E-state index >= 15 is 0 Å². The molecule has 0 unspecified atom stereocenters. The van der Waals surface area contributed by atoms with Crippen LogP contribution in [0, 0.1) is 0 Å². The molecule has 4 N–H and O–H groups in total. The molecule has 0 radical (unpaired) electrons. The van der Waals surface area contributed by atoms with Gasteiger partial charge in [-0.2, -0.15) is 0 Å². The van der Waals surface area contributed by atoms with Crippen LogP contribution in [0.1, 0.15) is 47.8 Å². The van der Waals surface area contributed by atoms with Crippen molar-refractivity contribution >= 4 is 60.9 Å². The summed E-state index contributed by atoms with van der Waals surface area (Å²) in [5, 5.41) is 18.8. The SMILES string of the molecule is O=C(/C=C/c1ccc(O)cc1)c1ccc(NS(=O)(=O)c2cccc(C(=O)c3cccc(S(=O)(=O)Nc4ccc(C(=O)/C=C/c5ccc(O)cc5)cc4)c3)c2)cc1. The maximum absolute atomic E-state index is 13.5. The van der Waals surface area contributed by atoms with Gasteiger partial charge in [-0.05, 0) is 120 Å². The van der Waals surface area contributed by atoms with Crippen molar-refractivity contribution in [2.45, 2.75) is 9.79 Å². The minimum atomic E-state index is -4.19. The lowest BCUT2D eigenvalue weighted by atomic mass is 10.0. The molecule has 11 nitrogen and oxygen atoms in total. The number of hydrogen-bond donors (Lipinski definition) is 4. The van der Waals surface area contributed by atoms with Crippen molar-refractivity contribution in [2.24, 2.45) is 0 Å². The van der Waals surface area contributed by atoms with Crippen LogP contribution < -0.4 is 9.44 Å². The van der Waals surface area contributed by atoms with Crippen molar-refractivity contribution in [3.8, 4) is 11.5 Å². The number of rotatable bonds is 14. The first-order valence-electron chi connectivity index (χ1n) is 16.8. The Bertz CT molecular complexity index is 2520. The summed E-state index contributed by atoms with van der Waals surface area (Å²) in [5.41, 5.74) is 2.40. The largest absolute Gasteiger partial charge is 0.508 e. The fourth-order valence-electron chi connectivity index (χ4n) is 5.32. The molecular formula is C43H32N2O9S2. The summed E-state index contributed by atoms with van der Waals surface area (Å²) in [6.45, 7) is 0. The summed E-state index contributed by atoms with van der Waals surface area (Å²) in [7, 11) is -8.37. The Labute approximate surface area is 323 Å². The Morgan fingerprint density at radius 3 is 1.16 bits per heavy atom. The lowest BCUT2D eigenvalue weighted by Gasteiger charge is -2.11. The van der Waals surface area contributed by atoms with E-state index in [9.17, 15) is 41.4 Å². The molecule has 0 aliphatic carbocycles. The zero-order chi connectivity index (χ0) is 39.9. The highest BCUT2D eigenvalue weighted by Gasteiger charge is 2.20. The molecule has 280 valence electrons. The Balaban J connectivity index is 1.10. The van der Waals surface area contributed by atoms with E-state index in [4.69, 9.17) is 0 Å². The van der Waals surface area contributed by atoms with Crippen LogP contribution in [0.3, 0.4) is 0 Å². The van der Waals surface area contributed by atoms with Gasteiger partial charge in [0.1, 0.15) is 11.5 Å². The number of aromatic hydroxyl groups is 2. The van der Waals surface area contributed by atoms with Crippen molar-refractivity contribution < 1.29 is 41.4 Å². The van der Waals surface area contributed by atoms with Crippen LogP contribution in [0.4, 0.5) is 11.4 Å². The maximum atomic E-state index is 13.5. The van der Waals surface area contributed by atoms with Crippen molar-refractivity contribution in [3.05, 3.63) is 191 Å². The molecule has 0 fully saturated rings. The number of ketones is 3. The molecule has 0 aliphatic heterocycles. The molecular weight excluding hydrogens is 753 g/mol. The summed E-state index contributed by atoms with van der Waals surface area (Å²) in [6, 6.07) is 34.8. The minimum Gasteiger partial charge on any atom is -0.508 e. The minimum absolute atomic E-state index is 0.00328. The third kappa shape index (κ3) is 9.71. The van der Waals surface area contributed by atoms with Crippen LogP contribution in [0.25, 0.3) is 12.2 Å². The Kier molecular flexibility index (Phi) is 11.4. The van der Waals surface area contributed by atoms with Gasteiger partial charge in [-0.3, -0.25) is 23.8 Å². The monoisotopic (exact) mass is 784 g/mol. The van der Waals surface area contributed by atoms with E-state index in [2.05, 4.69) is 9.44 Å². The highest BCUT2D eigenvalue weighted by molar-refractivity contribution is 7.93. The topological polar surface area (TPSA) is 184 Å². The molecule has 0 saturated carbocycles. The molecule has 0 aliphatic rings. The summed E-state index contributed by atoms with van der Waals surface area (Å²) in [4.78, 5) is 38.3. The Morgan fingerprint density at radius 2 is 0.804 bits per heavy atom. The van der Waals surface area contributed by atoms with Gasteiger partial charge in [0.15, 0.2) is 17.3 Å². The van der Waals surface area contributed by atoms with E-state index in [0.717, 1.165) is 0 Å². The van der Waals surface area contributed by atoms with E-state index in [1.807, 2.05) is 0 Å². The van der Waals surface area contributed by atoms with Crippen LogP contribution in [-0.2, 0) is 20.0 Å². The molecule has 0 aromatic heterocycles. The van der Waals surface area contributed by atoms with Crippen molar-refractivity contribution in [1.29, 1.82) is 0 Å². The third-order valence-electron chi connectivity index (χ3n) is 8.30. The number of carbonyl (C=O) groups excluding carboxylic acids is 3. The second-order valence-corrected chi connectivity index (χ2v) is 15.7. The zero-order valence-corrected chi connectivity index (χ0v) is 30.9. The van der Waals surface area contributed by atoms with Gasteiger partial charge in [0.25, 0.3) is 20.0 Å². The molecule has 0 atom stereocenters. The van der Waals surface area contributed by atoms with Crippen LogP contribution in [0.2, 0.25) is 0 Å². The second kappa shape index (κ2) is 16.5. The van der Waals surface area contributed by atoms with Gasteiger partial charge in [-0.1, -0.05) is 60.7 Å². The number of anilines is 2. The van der Waals surface area contributed by atoms with E-state index in [1.54, 1.807) is 36.4 Å². The van der Waals surface area contributed by atoms with Gasteiger partial charge in [0.2, 0.25) is 0 Å². The van der Waals surface area contributed by atoms with Crippen molar-refractivity contribution in [1.82, 2.24) is 0 Å². The highest BCUT2D eigenvalue weighted by Crippen LogP contribution is 2.23. The van der Waals surface area contributed by atoms with Gasteiger partial charge in [0.05, 0.1) is 9.79 Å². The normalized spacial score (nSPS) is 11.7. The first-order chi connectivity index (χ1) is 26.8. The fourth-order valence-corrected chi connectivity index (χ4v) is 7.52. The van der Waals surface area contributed by atoms with Gasteiger partial charge in [-0.25, -0.2) is 16.8 Å². The predicted octanol–water partition coefficient (Wildman–Crippen LogP) is 7.72. The fraction of sp³-hybridized carbons (Fsp3) is 0. The molecule has 13 heteroatoms. The Hall–Kier alpha value is -7.09. The van der Waals surface area contributed by atoms with Crippen LogP contribution in [0.15, 0.2) is 168 Å². The number of phenols is 2. The number of sulfonamides is 2. The summed E-state index contributed by atoms with van der Waals surface area (Å²) in [5.74, 6) is -1.04. The molecule has 6 aromatic carbocycles. The predicted molar refractivity (Wildman–Crippen MR) is 214 cm³/mol. The summed E-state index contributed by atoms with van der Waals surface area (Å²) < 4.78 is 58.1. The smallest absolute Gasteiger partial charge is 0.261 e. The molecule has 0 spiro atoms. The lowest BCUT2D eigenvalue weighted by Crippen LogP contribution is -2.15. The third-order valence-corrected chi connectivity index (χ3v) is 11.1. The Morgan fingerprint density at radius 1 is 0.446 bits per heavy atom. The average Bonchev–Trinajstić information content (AvgIpc) is 3.20. The van der Waals surface area contributed by atoms with Gasteiger partial charge >= 0.3 is 0 Å². The van der Waals surface area contributed by atoms with Crippen molar-refractivity contribution in [3.63, 3.8) is 0 Å². The molecule has 6 rings (SSSR count).